The van der Waals surface area contributed by atoms with Crippen molar-refractivity contribution < 1.29 is 8.85 Å². The summed E-state index contributed by atoms with van der Waals surface area (Å²) in [6, 6.07) is 0. The summed E-state index contributed by atoms with van der Waals surface area (Å²) in [7, 11) is 1.15. The zero-order valence-corrected chi connectivity index (χ0v) is 13.5. The van der Waals surface area contributed by atoms with Crippen molar-refractivity contribution in [3.63, 3.8) is 0 Å². The fourth-order valence-electron chi connectivity index (χ4n) is 3.42. The van der Waals surface area contributed by atoms with Gasteiger partial charge in [-0.3, -0.25) is 9.96 Å². The van der Waals surface area contributed by atoms with E-state index in [-0.39, 0.29) is 0 Å². The average molecular weight is 286 g/mol. The molecule has 19 heavy (non-hydrogen) atoms. The van der Waals surface area contributed by atoms with Gasteiger partial charge in [0.15, 0.2) is 0 Å². The van der Waals surface area contributed by atoms with Crippen LogP contribution in [0, 0.1) is 11.8 Å². The van der Waals surface area contributed by atoms with E-state index in [2.05, 4.69) is 9.96 Å². The van der Waals surface area contributed by atoms with Gasteiger partial charge in [0.1, 0.15) is 0 Å². The maximum Gasteiger partial charge on any atom is 0.516 e. The molecule has 0 aliphatic heterocycles. The van der Waals surface area contributed by atoms with Crippen LogP contribution >= 0.6 is 0 Å². The Morgan fingerprint density at radius 2 is 1.16 bits per heavy atom. The molecule has 0 radical (unpaired) electrons. The van der Waals surface area contributed by atoms with Crippen LogP contribution in [0.4, 0.5) is 0 Å². The van der Waals surface area contributed by atoms with Gasteiger partial charge >= 0.3 is 8.88 Å². The normalized spacial score (nSPS) is 22.4. The van der Waals surface area contributed by atoms with Crippen LogP contribution in [0.1, 0.15) is 51.4 Å². The molecular formula is C14H30N2O2Si. The minimum Gasteiger partial charge on any atom is -0.374 e. The quantitative estimate of drug-likeness (QED) is 0.672. The van der Waals surface area contributed by atoms with Crippen LogP contribution < -0.4 is 9.96 Å². The van der Waals surface area contributed by atoms with Gasteiger partial charge in [-0.1, -0.05) is 25.7 Å². The van der Waals surface area contributed by atoms with Gasteiger partial charge in [0.05, 0.1) is 0 Å². The fourth-order valence-corrected chi connectivity index (χ4v) is 5.40. The number of rotatable bonds is 8. The average Bonchev–Trinajstić information content (AvgIpc) is 3.13. The van der Waals surface area contributed by atoms with Gasteiger partial charge in [-0.2, -0.15) is 0 Å². The largest absolute Gasteiger partial charge is 0.516 e. The molecule has 112 valence electrons. The summed E-state index contributed by atoms with van der Waals surface area (Å²) < 4.78 is 11.4. The van der Waals surface area contributed by atoms with Crippen LogP contribution in [-0.2, 0) is 8.85 Å². The predicted octanol–water partition coefficient (Wildman–Crippen LogP) is 2.27. The van der Waals surface area contributed by atoms with E-state index in [1.165, 1.54) is 51.4 Å². The van der Waals surface area contributed by atoms with E-state index in [4.69, 9.17) is 8.85 Å². The lowest BCUT2D eigenvalue weighted by Gasteiger charge is -2.30. The second-order valence-corrected chi connectivity index (χ2v) is 8.84. The zero-order chi connectivity index (χ0) is 13.6. The highest BCUT2D eigenvalue weighted by atomic mass is 28.4. The van der Waals surface area contributed by atoms with Crippen LogP contribution in [-0.4, -0.2) is 36.2 Å². The Balaban J connectivity index is 1.77. The second kappa shape index (κ2) is 7.74. The van der Waals surface area contributed by atoms with Gasteiger partial charge in [-0.05, 0) is 50.6 Å². The van der Waals surface area contributed by atoms with Crippen LogP contribution in [0.3, 0.4) is 0 Å². The molecule has 0 aromatic heterocycles. The number of hydrogen-bond donors (Lipinski definition) is 2. The molecule has 2 aliphatic rings. The second-order valence-electron chi connectivity index (χ2n) is 6.09. The minimum absolute atomic E-state index is 0.811. The van der Waals surface area contributed by atoms with Gasteiger partial charge in [0.2, 0.25) is 0 Å². The van der Waals surface area contributed by atoms with Crippen molar-refractivity contribution in [2.24, 2.45) is 11.8 Å². The van der Waals surface area contributed by atoms with Crippen molar-refractivity contribution in [3.8, 4) is 0 Å². The molecule has 2 saturated carbocycles. The summed E-state index contributed by atoms with van der Waals surface area (Å²) in [5, 5.41) is 0. The third-order valence-electron chi connectivity index (χ3n) is 4.77. The Hall–Kier alpha value is 0.0569. The molecule has 0 spiro atoms. The molecule has 5 heteroatoms. The summed E-state index contributed by atoms with van der Waals surface area (Å²) in [5.41, 5.74) is 0. The van der Waals surface area contributed by atoms with E-state index >= 15 is 0 Å². The molecule has 4 nitrogen and oxygen atoms in total. The monoisotopic (exact) mass is 286 g/mol. The number of nitrogens with one attached hydrogen (secondary N) is 2. The Labute approximate surface area is 119 Å². The van der Waals surface area contributed by atoms with Crippen LogP contribution in [0.5, 0.6) is 0 Å². The molecule has 0 heterocycles. The van der Waals surface area contributed by atoms with Crippen molar-refractivity contribution in [2.45, 2.75) is 51.4 Å². The van der Waals surface area contributed by atoms with Crippen molar-refractivity contribution in [1.29, 1.82) is 0 Å². The first-order valence-corrected chi connectivity index (χ1v) is 9.70. The lowest BCUT2D eigenvalue weighted by atomic mass is 10.1. The van der Waals surface area contributed by atoms with Gasteiger partial charge in [0, 0.05) is 14.2 Å². The van der Waals surface area contributed by atoms with Crippen LogP contribution in [0.2, 0.25) is 0 Å². The lowest BCUT2D eigenvalue weighted by Crippen LogP contribution is -2.67. The van der Waals surface area contributed by atoms with Crippen molar-refractivity contribution in [3.05, 3.63) is 0 Å². The van der Waals surface area contributed by atoms with E-state index in [1.54, 1.807) is 14.2 Å². The first kappa shape index (κ1) is 15.4. The molecule has 2 aliphatic carbocycles. The summed E-state index contributed by atoms with van der Waals surface area (Å²) in [4.78, 5) is 7.16. The summed E-state index contributed by atoms with van der Waals surface area (Å²) in [5.74, 6) is 1.62. The van der Waals surface area contributed by atoms with Crippen molar-refractivity contribution >= 4 is 8.88 Å². The number of hydrogen-bond acceptors (Lipinski definition) is 4. The first-order chi connectivity index (χ1) is 9.28. The van der Waals surface area contributed by atoms with Gasteiger partial charge in [0.25, 0.3) is 0 Å². The smallest absolute Gasteiger partial charge is 0.374 e. The Morgan fingerprint density at radius 1 is 0.789 bits per heavy atom. The molecule has 0 unspecified atom stereocenters. The predicted molar refractivity (Wildman–Crippen MR) is 79.7 cm³/mol. The summed E-state index contributed by atoms with van der Waals surface area (Å²) >= 11 is 0. The van der Waals surface area contributed by atoms with Gasteiger partial charge < -0.3 is 8.85 Å². The molecular weight excluding hydrogens is 256 g/mol. The molecule has 0 amide bonds. The Morgan fingerprint density at radius 3 is 1.47 bits per heavy atom. The molecule has 0 aromatic rings. The highest BCUT2D eigenvalue weighted by molar-refractivity contribution is 6.62. The topological polar surface area (TPSA) is 42.5 Å². The molecule has 0 bridgehead atoms. The fraction of sp³-hybridized carbons (Fsp3) is 1.00. The summed E-state index contributed by atoms with van der Waals surface area (Å²) in [6.45, 7) is 2.07. The van der Waals surface area contributed by atoms with Crippen molar-refractivity contribution in [1.82, 2.24) is 9.96 Å². The standard InChI is InChI=1S/C14H30N2O2Si/c1-17-19(18-2,15-11-13-7-3-4-8-13)16-12-14-9-5-6-10-14/h13-16H,3-12H2,1-2H3. The Kier molecular flexibility index (Phi) is 6.29. The highest BCUT2D eigenvalue weighted by Gasteiger charge is 2.38. The van der Waals surface area contributed by atoms with E-state index in [0.717, 1.165) is 24.9 Å². The van der Waals surface area contributed by atoms with Gasteiger partial charge in [-0.15, -0.1) is 0 Å². The van der Waals surface area contributed by atoms with Crippen LogP contribution in [0.25, 0.3) is 0 Å². The van der Waals surface area contributed by atoms with Crippen LogP contribution in [0.15, 0.2) is 0 Å². The van der Waals surface area contributed by atoms with E-state index in [9.17, 15) is 0 Å². The zero-order valence-electron chi connectivity index (χ0n) is 12.5. The first-order valence-electron chi connectivity index (χ1n) is 7.88. The SMILES string of the molecule is CO[Si](NCC1CCCC1)(NCC1CCCC1)OC. The van der Waals surface area contributed by atoms with E-state index in [1.807, 2.05) is 0 Å². The molecule has 0 atom stereocenters. The Bertz CT molecular complexity index is 228. The maximum absolute atomic E-state index is 5.70. The maximum atomic E-state index is 5.70. The lowest BCUT2D eigenvalue weighted by molar-refractivity contribution is 0.207. The highest BCUT2D eigenvalue weighted by Crippen LogP contribution is 2.25. The van der Waals surface area contributed by atoms with E-state index in [0.29, 0.717) is 0 Å². The molecule has 2 fully saturated rings. The van der Waals surface area contributed by atoms with E-state index < -0.39 is 8.88 Å². The minimum atomic E-state index is -2.38. The van der Waals surface area contributed by atoms with Crippen molar-refractivity contribution in [2.75, 3.05) is 27.3 Å². The molecule has 0 saturated heterocycles. The molecule has 2 rings (SSSR count). The molecule has 2 N–H and O–H groups in total. The third kappa shape index (κ3) is 4.53. The summed E-state index contributed by atoms with van der Waals surface area (Å²) in [6.07, 6.45) is 11.0. The third-order valence-corrected chi connectivity index (χ3v) is 7.26. The molecule has 0 aromatic carbocycles. The van der Waals surface area contributed by atoms with Gasteiger partial charge in [-0.25, -0.2) is 0 Å².